The van der Waals surface area contributed by atoms with Crippen LogP contribution in [-0.4, -0.2) is 28.2 Å². The number of methoxy groups -OCH3 is 1. The maximum atomic E-state index is 12.0. The van der Waals surface area contributed by atoms with E-state index in [0.717, 1.165) is 0 Å². The second-order valence-corrected chi connectivity index (χ2v) is 6.19. The van der Waals surface area contributed by atoms with E-state index in [1.807, 2.05) is 0 Å². The van der Waals surface area contributed by atoms with Gasteiger partial charge in [-0.05, 0) is 31.5 Å². The number of ether oxygens (including phenoxy) is 1. The van der Waals surface area contributed by atoms with E-state index in [-0.39, 0.29) is 23.2 Å². The summed E-state index contributed by atoms with van der Waals surface area (Å²) in [4.78, 5) is 0.102. The second-order valence-electron chi connectivity index (χ2n) is 4.04. The van der Waals surface area contributed by atoms with Gasteiger partial charge in [-0.25, -0.2) is 13.1 Å². The smallest absolute Gasteiger partial charge is 0.240 e. The van der Waals surface area contributed by atoms with Crippen molar-refractivity contribution in [3.05, 3.63) is 22.7 Å². The Morgan fingerprint density at radius 1 is 1.50 bits per heavy atom. The van der Waals surface area contributed by atoms with Crippen LogP contribution in [0.1, 0.15) is 12.5 Å². The van der Waals surface area contributed by atoms with Crippen molar-refractivity contribution in [1.82, 2.24) is 4.72 Å². The van der Waals surface area contributed by atoms with Gasteiger partial charge in [-0.15, -0.1) is 0 Å². The van der Waals surface area contributed by atoms with Crippen LogP contribution < -0.4 is 10.5 Å². The van der Waals surface area contributed by atoms with Crippen LogP contribution in [0.15, 0.2) is 17.0 Å². The molecule has 5 nitrogen and oxygen atoms in total. The number of nitrogens with two attached hydrogens (primary N) is 1. The summed E-state index contributed by atoms with van der Waals surface area (Å²) in [6, 6.07) is 2.83. The molecule has 0 spiro atoms. The molecule has 1 rings (SSSR count). The normalized spacial score (nSPS) is 13.6. The minimum Gasteiger partial charge on any atom is -0.397 e. The molecular weight excluding hydrogens is 276 g/mol. The third-order valence-electron chi connectivity index (χ3n) is 2.53. The number of nitrogen functional groups attached to an aromatic ring is 1. The largest absolute Gasteiger partial charge is 0.397 e. The first-order valence-electron chi connectivity index (χ1n) is 5.36. The molecule has 18 heavy (non-hydrogen) atoms. The molecule has 1 unspecified atom stereocenters. The standard InChI is InChI=1S/C11H17ClN2O3S/c1-7-4-9(5-10(13)11(7)12)18(15,16)14-6-8(2)17-3/h4-5,8,14H,6,13H2,1-3H3. The van der Waals surface area contributed by atoms with Crippen LogP contribution >= 0.6 is 11.6 Å². The Hall–Kier alpha value is -0.820. The van der Waals surface area contributed by atoms with Gasteiger partial charge in [-0.2, -0.15) is 0 Å². The van der Waals surface area contributed by atoms with Crippen LogP contribution in [-0.2, 0) is 14.8 Å². The van der Waals surface area contributed by atoms with Crippen molar-refractivity contribution in [3.8, 4) is 0 Å². The molecule has 7 heteroatoms. The summed E-state index contributed by atoms with van der Waals surface area (Å²) < 4.78 is 31.4. The minimum absolute atomic E-state index is 0.102. The molecule has 0 aliphatic rings. The summed E-state index contributed by atoms with van der Waals surface area (Å²) >= 11 is 5.89. The van der Waals surface area contributed by atoms with E-state index < -0.39 is 10.0 Å². The molecule has 0 saturated heterocycles. The van der Waals surface area contributed by atoms with Crippen molar-refractivity contribution >= 4 is 27.3 Å². The van der Waals surface area contributed by atoms with Crippen LogP contribution in [0.5, 0.6) is 0 Å². The first-order chi connectivity index (χ1) is 8.27. The van der Waals surface area contributed by atoms with Crippen LogP contribution in [0.4, 0.5) is 5.69 Å². The number of aryl methyl sites for hydroxylation is 1. The second kappa shape index (κ2) is 5.88. The number of anilines is 1. The van der Waals surface area contributed by atoms with E-state index in [2.05, 4.69) is 4.72 Å². The Balaban J connectivity index is 2.99. The lowest BCUT2D eigenvalue weighted by Crippen LogP contribution is -2.31. The van der Waals surface area contributed by atoms with Crippen molar-refractivity contribution in [2.45, 2.75) is 24.8 Å². The Labute approximate surface area is 112 Å². The van der Waals surface area contributed by atoms with Gasteiger partial charge < -0.3 is 10.5 Å². The van der Waals surface area contributed by atoms with Crippen LogP contribution in [0.3, 0.4) is 0 Å². The third-order valence-corrected chi connectivity index (χ3v) is 4.45. The number of rotatable bonds is 5. The Morgan fingerprint density at radius 2 is 2.11 bits per heavy atom. The number of benzene rings is 1. The predicted octanol–water partition coefficient (Wildman–Crippen LogP) is 1.54. The van der Waals surface area contributed by atoms with Gasteiger partial charge in [0, 0.05) is 13.7 Å². The van der Waals surface area contributed by atoms with E-state index in [9.17, 15) is 8.42 Å². The molecular formula is C11H17ClN2O3S. The highest BCUT2D eigenvalue weighted by atomic mass is 35.5. The number of nitrogens with one attached hydrogen (secondary N) is 1. The van der Waals surface area contributed by atoms with Crippen molar-refractivity contribution in [3.63, 3.8) is 0 Å². The summed E-state index contributed by atoms with van der Waals surface area (Å²) in [5.41, 5.74) is 6.52. The maximum absolute atomic E-state index is 12.0. The van der Waals surface area contributed by atoms with E-state index in [1.165, 1.54) is 19.2 Å². The van der Waals surface area contributed by atoms with Crippen molar-refractivity contribution < 1.29 is 13.2 Å². The zero-order valence-corrected chi connectivity index (χ0v) is 12.1. The van der Waals surface area contributed by atoms with Gasteiger partial charge in [-0.1, -0.05) is 11.6 Å². The Morgan fingerprint density at radius 3 is 2.61 bits per heavy atom. The molecule has 1 aromatic rings. The highest BCUT2D eigenvalue weighted by Gasteiger charge is 2.17. The monoisotopic (exact) mass is 292 g/mol. The van der Waals surface area contributed by atoms with E-state index in [1.54, 1.807) is 13.8 Å². The average Bonchev–Trinajstić information content (AvgIpc) is 2.32. The third kappa shape index (κ3) is 3.58. The number of sulfonamides is 1. The first kappa shape index (κ1) is 15.2. The quantitative estimate of drug-likeness (QED) is 0.807. The van der Waals surface area contributed by atoms with E-state index in [4.69, 9.17) is 22.1 Å². The fraction of sp³-hybridized carbons (Fsp3) is 0.455. The minimum atomic E-state index is -3.60. The zero-order valence-electron chi connectivity index (χ0n) is 10.5. The molecule has 0 radical (unpaired) electrons. The first-order valence-corrected chi connectivity index (χ1v) is 7.22. The van der Waals surface area contributed by atoms with Crippen LogP contribution in [0, 0.1) is 6.92 Å². The molecule has 0 heterocycles. The van der Waals surface area contributed by atoms with Crippen LogP contribution in [0.25, 0.3) is 0 Å². The SMILES string of the molecule is COC(C)CNS(=O)(=O)c1cc(C)c(Cl)c(N)c1. The average molecular weight is 293 g/mol. The lowest BCUT2D eigenvalue weighted by atomic mass is 10.2. The zero-order chi connectivity index (χ0) is 13.9. The molecule has 102 valence electrons. The fourth-order valence-electron chi connectivity index (χ4n) is 1.31. The molecule has 0 aliphatic heterocycles. The highest BCUT2D eigenvalue weighted by Crippen LogP contribution is 2.26. The van der Waals surface area contributed by atoms with Crippen molar-refractivity contribution in [1.29, 1.82) is 0 Å². The number of hydrogen-bond acceptors (Lipinski definition) is 4. The fourth-order valence-corrected chi connectivity index (χ4v) is 2.66. The molecule has 0 amide bonds. The molecule has 1 atom stereocenters. The Kier molecular flexibility index (Phi) is 4.98. The van der Waals surface area contributed by atoms with Crippen molar-refractivity contribution in [2.75, 3.05) is 19.4 Å². The van der Waals surface area contributed by atoms with Gasteiger partial charge in [0.2, 0.25) is 10.0 Å². The molecule has 0 saturated carbocycles. The molecule has 0 fully saturated rings. The summed E-state index contributed by atoms with van der Waals surface area (Å²) in [7, 11) is -2.08. The molecule has 1 aromatic carbocycles. The highest BCUT2D eigenvalue weighted by molar-refractivity contribution is 7.89. The number of hydrogen-bond donors (Lipinski definition) is 2. The summed E-state index contributed by atoms with van der Waals surface area (Å²) in [5.74, 6) is 0. The predicted molar refractivity (Wildman–Crippen MR) is 72.3 cm³/mol. The summed E-state index contributed by atoms with van der Waals surface area (Å²) in [5, 5.41) is 0.374. The van der Waals surface area contributed by atoms with Crippen molar-refractivity contribution in [2.24, 2.45) is 0 Å². The summed E-state index contributed by atoms with van der Waals surface area (Å²) in [6.07, 6.45) is -0.203. The van der Waals surface area contributed by atoms with Gasteiger partial charge in [0.05, 0.1) is 21.7 Å². The van der Waals surface area contributed by atoms with E-state index in [0.29, 0.717) is 10.6 Å². The number of halogens is 1. The molecule has 0 aromatic heterocycles. The van der Waals surface area contributed by atoms with Gasteiger partial charge >= 0.3 is 0 Å². The molecule has 0 aliphatic carbocycles. The Bertz CT molecular complexity index is 508. The maximum Gasteiger partial charge on any atom is 0.240 e. The van der Waals surface area contributed by atoms with Gasteiger partial charge in [0.1, 0.15) is 0 Å². The molecule has 3 N–H and O–H groups in total. The van der Waals surface area contributed by atoms with Gasteiger partial charge in [-0.3, -0.25) is 0 Å². The topological polar surface area (TPSA) is 81.4 Å². The van der Waals surface area contributed by atoms with Gasteiger partial charge in [0.15, 0.2) is 0 Å². The summed E-state index contributed by atoms with van der Waals surface area (Å²) in [6.45, 7) is 3.67. The van der Waals surface area contributed by atoms with Gasteiger partial charge in [0.25, 0.3) is 0 Å². The lowest BCUT2D eigenvalue weighted by Gasteiger charge is -2.12. The lowest BCUT2D eigenvalue weighted by molar-refractivity contribution is 0.122. The molecule has 0 bridgehead atoms. The van der Waals surface area contributed by atoms with Crippen LogP contribution in [0.2, 0.25) is 5.02 Å². The van der Waals surface area contributed by atoms with E-state index >= 15 is 0 Å².